The molecule has 4 aromatic rings. The number of para-hydroxylation sites is 2. The lowest BCUT2D eigenvalue weighted by Gasteiger charge is -2.12. The Morgan fingerprint density at radius 3 is 2.45 bits per heavy atom. The van der Waals surface area contributed by atoms with E-state index in [0.717, 1.165) is 27.6 Å². The zero-order valence-corrected chi connectivity index (χ0v) is 12.5. The Hall–Kier alpha value is -2.65. The zero-order chi connectivity index (χ0) is 14.9. The van der Waals surface area contributed by atoms with Crippen molar-refractivity contribution in [2.75, 3.05) is 0 Å². The molecule has 3 heteroatoms. The van der Waals surface area contributed by atoms with Crippen molar-refractivity contribution in [3.05, 3.63) is 72.2 Å². The van der Waals surface area contributed by atoms with Crippen molar-refractivity contribution in [1.82, 2.24) is 4.98 Å². The van der Waals surface area contributed by atoms with Gasteiger partial charge in [-0.05, 0) is 23.6 Å². The molecule has 0 saturated carbocycles. The molecule has 2 aromatic carbocycles. The Kier molecular flexibility index (Phi) is 3.13. The van der Waals surface area contributed by atoms with E-state index in [1.807, 2.05) is 48.7 Å². The average molecular weight is 303 g/mol. The predicted molar refractivity (Wildman–Crippen MR) is 92.2 cm³/mol. The monoisotopic (exact) mass is 303 g/mol. The van der Waals surface area contributed by atoms with E-state index in [1.54, 1.807) is 17.4 Å². The van der Waals surface area contributed by atoms with Gasteiger partial charge in [-0.2, -0.15) is 0 Å². The highest BCUT2D eigenvalue weighted by molar-refractivity contribution is 7.13. The van der Waals surface area contributed by atoms with E-state index in [4.69, 9.17) is 0 Å². The Labute approximate surface area is 132 Å². The molecule has 1 N–H and O–H groups in total. The largest absolute Gasteiger partial charge is 0.507 e. The number of phenolic OH excluding ortho intramolecular Hbond substituents is 1. The van der Waals surface area contributed by atoms with Crippen LogP contribution in [0, 0.1) is 0 Å². The Morgan fingerprint density at radius 2 is 1.64 bits per heavy atom. The van der Waals surface area contributed by atoms with Gasteiger partial charge >= 0.3 is 0 Å². The topological polar surface area (TPSA) is 33.1 Å². The van der Waals surface area contributed by atoms with Gasteiger partial charge < -0.3 is 5.11 Å². The summed E-state index contributed by atoms with van der Waals surface area (Å²) in [5.74, 6) is 0.275. The van der Waals surface area contributed by atoms with Crippen LogP contribution in [-0.2, 0) is 0 Å². The number of aromatic nitrogens is 1. The fourth-order valence-electron chi connectivity index (χ4n) is 2.73. The molecule has 0 bridgehead atoms. The van der Waals surface area contributed by atoms with Crippen LogP contribution < -0.4 is 0 Å². The van der Waals surface area contributed by atoms with Crippen LogP contribution in [0.15, 0.2) is 72.2 Å². The van der Waals surface area contributed by atoms with E-state index >= 15 is 0 Å². The molecular weight excluding hydrogens is 290 g/mol. The van der Waals surface area contributed by atoms with E-state index in [9.17, 15) is 5.11 Å². The molecule has 2 nitrogen and oxygen atoms in total. The van der Waals surface area contributed by atoms with E-state index in [0.29, 0.717) is 0 Å². The van der Waals surface area contributed by atoms with Crippen molar-refractivity contribution >= 4 is 22.2 Å². The summed E-state index contributed by atoms with van der Waals surface area (Å²) in [4.78, 5) is 5.74. The molecule has 106 valence electrons. The number of fused-ring (bicyclic) bond motifs is 1. The quantitative estimate of drug-likeness (QED) is 0.542. The maximum Gasteiger partial charge on any atom is 0.123 e. The first-order valence-electron chi connectivity index (χ1n) is 7.04. The van der Waals surface area contributed by atoms with Gasteiger partial charge in [0.25, 0.3) is 0 Å². The molecule has 0 radical (unpaired) electrons. The lowest BCUT2D eigenvalue weighted by Crippen LogP contribution is -1.89. The van der Waals surface area contributed by atoms with Crippen molar-refractivity contribution in [1.29, 1.82) is 0 Å². The van der Waals surface area contributed by atoms with Crippen LogP contribution >= 0.6 is 11.3 Å². The first-order chi connectivity index (χ1) is 10.8. The number of phenols is 1. The standard InChI is InChI=1S/C19H13NOS/c21-17-9-4-2-6-13(17)15-12-20-16-8-3-1-7-14(16)19(15)18-10-5-11-22-18/h1-12,21H. The van der Waals surface area contributed by atoms with Gasteiger partial charge in [0.1, 0.15) is 5.75 Å². The van der Waals surface area contributed by atoms with Crippen molar-refractivity contribution in [3.8, 4) is 27.3 Å². The highest BCUT2D eigenvalue weighted by Crippen LogP contribution is 2.41. The zero-order valence-electron chi connectivity index (χ0n) is 11.7. The third kappa shape index (κ3) is 2.07. The van der Waals surface area contributed by atoms with Crippen LogP contribution in [0.5, 0.6) is 5.75 Å². The van der Waals surface area contributed by atoms with Crippen molar-refractivity contribution in [2.45, 2.75) is 0 Å². The second-order valence-corrected chi connectivity index (χ2v) is 6.01. The predicted octanol–water partition coefficient (Wildman–Crippen LogP) is 5.34. The van der Waals surface area contributed by atoms with Crippen LogP contribution in [0.4, 0.5) is 0 Å². The normalized spacial score (nSPS) is 10.9. The van der Waals surface area contributed by atoms with Gasteiger partial charge in [-0.1, -0.05) is 42.5 Å². The number of rotatable bonds is 2. The lowest BCUT2D eigenvalue weighted by atomic mass is 9.96. The van der Waals surface area contributed by atoms with E-state index in [2.05, 4.69) is 22.5 Å². The molecule has 4 rings (SSSR count). The lowest BCUT2D eigenvalue weighted by molar-refractivity contribution is 0.477. The van der Waals surface area contributed by atoms with Crippen LogP contribution in [-0.4, -0.2) is 10.1 Å². The molecule has 0 saturated heterocycles. The summed E-state index contributed by atoms with van der Waals surface area (Å²) in [6.45, 7) is 0. The van der Waals surface area contributed by atoms with Gasteiger partial charge in [0.05, 0.1) is 5.52 Å². The number of aromatic hydroxyl groups is 1. The number of nitrogens with zero attached hydrogens (tertiary/aromatic N) is 1. The minimum Gasteiger partial charge on any atom is -0.507 e. The second kappa shape index (κ2) is 5.28. The molecule has 0 spiro atoms. The van der Waals surface area contributed by atoms with E-state index in [-0.39, 0.29) is 5.75 Å². The first kappa shape index (κ1) is 13.0. The summed E-state index contributed by atoms with van der Waals surface area (Å²) < 4.78 is 0. The fraction of sp³-hybridized carbons (Fsp3) is 0. The number of pyridine rings is 1. The third-order valence-corrected chi connectivity index (χ3v) is 4.62. The van der Waals surface area contributed by atoms with Gasteiger partial charge in [-0.15, -0.1) is 11.3 Å². The summed E-state index contributed by atoms with van der Waals surface area (Å²) in [5.41, 5.74) is 3.86. The molecule has 22 heavy (non-hydrogen) atoms. The highest BCUT2D eigenvalue weighted by atomic mass is 32.1. The Bertz CT molecular complexity index is 945. The Balaban J connectivity index is 2.12. The summed E-state index contributed by atoms with van der Waals surface area (Å²) in [6.07, 6.45) is 1.85. The summed E-state index contributed by atoms with van der Waals surface area (Å²) in [5, 5.41) is 13.4. The summed E-state index contributed by atoms with van der Waals surface area (Å²) in [7, 11) is 0. The fourth-order valence-corrected chi connectivity index (χ4v) is 3.53. The van der Waals surface area contributed by atoms with Gasteiger partial charge in [-0.3, -0.25) is 4.98 Å². The van der Waals surface area contributed by atoms with Crippen molar-refractivity contribution in [2.24, 2.45) is 0 Å². The molecule has 0 aliphatic carbocycles. The Morgan fingerprint density at radius 1 is 0.818 bits per heavy atom. The smallest absolute Gasteiger partial charge is 0.123 e. The van der Waals surface area contributed by atoms with E-state index < -0.39 is 0 Å². The van der Waals surface area contributed by atoms with Crippen LogP contribution in [0.2, 0.25) is 0 Å². The molecule has 0 fully saturated rings. The molecular formula is C19H13NOS. The summed E-state index contributed by atoms with van der Waals surface area (Å²) >= 11 is 1.70. The maximum atomic E-state index is 10.2. The molecule has 0 unspecified atom stereocenters. The van der Waals surface area contributed by atoms with Crippen LogP contribution in [0.25, 0.3) is 32.5 Å². The van der Waals surface area contributed by atoms with Crippen LogP contribution in [0.3, 0.4) is 0 Å². The minimum atomic E-state index is 0.275. The van der Waals surface area contributed by atoms with E-state index in [1.165, 1.54) is 4.88 Å². The molecule has 2 heterocycles. The van der Waals surface area contributed by atoms with Gasteiger partial charge in [-0.25, -0.2) is 0 Å². The SMILES string of the molecule is Oc1ccccc1-c1cnc2ccccc2c1-c1cccs1. The number of hydrogen-bond donors (Lipinski definition) is 1. The van der Waals surface area contributed by atoms with Crippen molar-refractivity contribution in [3.63, 3.8) is 0 Å². The van der Waals surface area contributed by atoms with Gasteiger partial charge in [0.15, 0.2) is 0 Å². The maximum absolute atomic E-state index is 10.2. The van der Waals surface area contributed by atoms with Crippen LogP contribution in [0.1, 0.15) is 0 Å². The summed E-state index contributed by atoms with van der Waals surface area (Å²) in [6, 6.07) is 19.7. The molecule has 0 amide bonds. The van der Waals surface area contributed by atoms with Gasteiger partial charge in [0.2, 0.25) is 0 Å². The molecule has 0 aliphatic rings. The minimum absolute atomic E-state index is 0.275. The second-order valence-electron chi connectivity index (χ2n) is 5.06. The molecule has 0 aliphatic heterocycles. The third-order valence-electron chi connectivity index (χ3n) is 3.74. The van der Waals surface area contributed by atoms with Gasteiger partial charge in [0, 0.05) is 33.2 Å². The van der Waals surface area contributed by atoms with Crippen molar-refractivity contribution < 1.29 is 5.11 Å². The highest BCUT2D eigenvalue weighted by Gasteiger charge is 2.15. The molecule has 2 aromatic heterocycles. The molecule has 0 atom stereocenters. The number of benzene rings is 2. The number of thiophene rings is 1. The first-order valence-corrected chi connectivity index (χ1v) is 7.92. The number of hydrogen-bond acceptors (Lipinski definition) is 3. The average Bonchev–Trinajstić information content (AvgIpc) is 3.08.